The molecule has 7 heteroatoms. The molecule has 0 radical (unpaired) electrons. The Bertz CT molecular complexity index is 737. The molecule has 1 N–H and O–H groups in total. The number of nitrogens with zero attached hydrogens (tertiary/aromatic N) is 1. The summed E-state index contributed by atoms with van der Waals surface area (Å²) < 4.78 is 43.0. The molecule has 1 aromatic carbocycles. The summed E-state index contributed by atoms with van der Waals surface area (Å²) in [5, 5.41) is 2.92. The van der Waals surface area contributed by atoms with E-state index in [0.29, 0.717) is 29.3 Å². The topological polar surface area (TPSA) is 51.2 Å². The van der Waals surface area contributed by atoms with Gasteiger partial charge in [-0.2, -0.15) is 13.2 Å². The standard InChI is InChI=1S/C19H19F3N2O2/c20-19(21,22)16-5-6-17(23-12-16)14-1-3-15(4-2-14)18(25)24-11-13-7-9-26-10-8-13/h1-6,12-13H,7-11H2,(H,24,25). The maximum atomic E-state index is 12.6. The Morgan fingerprint density at radius 2 is 1.81 bits per heavy atom. The Balaban J connectivity index is 1.61. The van der Waals surface area contributed by atoms with Crippen LogP contribution in [0.3, 0.4) is 0 Å². The van der Waals surface area contributed by atoms with Crippen LogP contribution in [0.4, 0.5) is 13.2 Å². The average molecular weight is 364 g/mol. The number of hydrogen-bond donors (Lipinski definition) is 1. The van der Waals surface area contributed by atoms with E-state index in [2.05, 4.69) is 10.3 Å². The second-order valence-corrected chi connectivity index (χ2v) is 6.27. The van der Waals surface area contributed by atoms with Gasteiger partial charge in [-0.15, -0.1) is 0 Å². The number of rotatable bonds is 4. The number of pyridine rings is 1. The smallest absolute Gasteiger partial charge is 0.381 e. The van der Waals surface area contributed by atoms with Gasteiger partial charge in [-0.05, 0) is 43.0 Å². The van der Waals surface area contributed by atoms with Crippen molar-refractivity contribution in [2.75, 3.05) is 19.8 Å². The summed E-state index contributed by atoms with van der Waals surface area (Å²) in [5.74, 6) is 0.270. The van der Waals surface area contributed by atoms with Gasteiger partial charge in [0.15, 0.2) is 0 Å². The SMILES string of the molecule is O=C(NCC1CCOCC1)c1ccc(-c2ccc(C(F)(F)F)cn2)cc1. The van der Waals surface area contributed by atoms with Gasteiger partial charge in [0.05, 0.1) is 11.3 Å². The largest absolute Gasteiger partial charge is 0.417 e. The minimum absolute atomic E-state index is 0.163. The highest BCUT2D eigenvalue weighted by Crippen LogP contribution is 2.29. The van der Waals surface area contributed by atoms with E-state index in [1.807, 2.05) is 0 Å². The number of alkyl halides is 3. The molecule has 2 heterocycles. The molecule has 0 atom stereocenters. The van der Waals surface area contributed by atoms with Crippen molar-refractivity contribution in [1.82, 2.24) is 10.3 Å². The molecular formula is C19H19F3N2O2. The van der Waals surface area contributed by atoms with Crippen molar-refractivity contribution in [3.05, 3.63) is 53.7 Å². The minimum atomic E-state index is -4.40. The Labute approximate surface area is 149 Å². The molecule has 0 unspecified atom stereocenters. The Morgan fingerprint density at radius 1 is 1.12 bits per heavy atom. The summed E-state index contributed by atoms with van der Waals surface area (Å²) in [7, 11) is 0. The van der Waals surface area contributed by atoms with Gasteiger partial charge < -0.3 is 10.1 Å². The number of hydrogen-bond acceptors (Lipinski definition) is 3. The summed E-state index contributed by atoms with van der Waals surface area (Å²) in [6.07, 6.45) is -1.71. The van der Waals surface area contributed by atoms with Crippen molar-refractivity contribution in [2.24, 2.45) is 5.92 Å². The number of amides is 1. The van der Waals surface area contributed by atoms with Crippen LogP contribution in [0.2, 0.25) is 0 Å². The maximum absolute atomic E-state index is 12.6. The first-order valence-electron chi connectivity index (χ1n) is 8.43. The van der Waals surface area contributed by atoms with Gasteiger partial charge in [0, 0.05) is 37.1 Å². The van der Waals surface area contributed by atoms with E-state index in [1.165, 1.54) is 6.07 Å². The predicted octanol–water partition coefficient (Wildman–Crippen LogP) is 3.92. The molecule has 0 saturated carbocycles. The Morgan fingerprint density at radius 3 is 2.38 bits per heavy atom. The number of ether oxygens (including phenoxy) is 1. The number of carbonyl (C=O) groups is 1. The second-order valence-electron chi connectivity index (χ2n) is 6.27. The van der Waals surface area contributed by atoms with E-state index in [-0.39, 0.29) is 5.91 Å². The van der Waals surface area contributed by atoms with Crippen LogP contribution in [-0.4, -0.2) is 30.6 Å². The molecule has 1 aliphatic rings. The van der Waals surface area contributed by atoms with Crippen LogP contribution in [-0.2, 0) is 10.9 Å². The monoisotopic (exact) mass is 364 g/mol. The summed E-state index contributed by atoms with van der Waals surface area (Å²) in [6.45, 7) is 2.08. The first-order valence-corrected chi connectivity index (χ1v) is 8.43. The van der Waals surface area contributed by atoms with Gasteiger partial charge in [0.2, 0.25) is 0 Å². The molecule has 1 aromatic heterocycles. The van der Waals surface area contributed by atoms with E-state index in [9.17, 15) is 18.0 Å². The van der Waals surface area contributed by atoms with Gasteiger partial charge in [-0.25, -0.2) is 0 Å². The first-order chi connectivity index (χ1) is 12.4. The lowest BCUT2D eigenvalue weighted by molar-refractivity contribution is -0.137. The van der Waals surface area contributed by atoms with E-state index < -0.39 is 11.7 Å². The lowest BCUT2D eigenvalue weighted by Gasteiger charge is -2.22. The molecule has 3 rings (SSSR count). The highest BCUT2D eigenvalue weighted by molar-refractivity contribution is 5.94. The highest BCUT2D eigenvalue weighted by Gasteiger charge is 2.30. The highest BCUT2D eigenvalue weighted by atomic mass is 19.4. The molecule has 2 aromatic rings. The number of nitrogens with one attached hydrogen (secondary N) is 1. The third-order valence-corrected chi connectivity index (χ3v) is 4.43. The number of halogens is 3. The minimum Gasteiger partial charge on any atom is -0.381 e. The Kier molecular flexibility index (Phi) is 5.56. The average Bonchev–Trinajstić information content (AvgIpc) is 2.66. The molecule has 1 saturated heterocycles. The van der Waals surface area contributed by atoms with Crippen LogP contribution in [0, 0.1) is 5.92 Å². The van der Waals surface area contributed by atoms with Gasteiger partial charge in [0.25, 0.3) is 5.91 Å². The lowest BCUT2D eigenvalue weighted by Crippen LogP contribution is -2.32. The fraction of sp³-hybridized carbons (Fsp3) is 0.368. The zero-order valence-corrected chi connectivity index (χ0v) is 14.1. The van der Waals surface area contributed by atoms with Crippen molar-refractivity contribution in [1.29, 1.82) is 0 Å². The quantitative estimate of drug-likeness (QED) is 0.895. The normalized spacial score (nSPS) is 15.7. The summed E-state index contributed by atoms with van der Waals surface area (Å²) in [5.41, 5.74) is 0.796. The van der Waals surface area contributed by atoms with Crippen LogP contribution in [0.1, 0.15) is 28.8 Å². The van der Waals surface area contributed by atoms with Crippen molar-refractivity contribution in [2.45, 2.75) is 19.0 Å². The summed E-state index contributed by atoms with van der Waals surface area (Å²) in [4.78, 5) is 16.1. The molecular weight excluding hydrogens is 345 g/mol. The number of carbonyl (C=O) groups excluding carboxylic acids is 1. The number of benzene rings is 1. The van der Waals surface area contributed by atoms with Crippen molar-refractivity contribution < 1.29 is 22.7 Å². The van der Waals surface area contributed by atoms with Crippen LogP contribution in [0.15, 0.2) is 42.6 Å². The van der Waals surface area contributed by atoms with Gasteiger partial charge in [0.1, 0.15) is 0 Å². The van der Waals surface area contributed by atoms with Gasteiger partial charge >= 0.3 is 6.18 Å². The summed E-state index contributed by atoms with van der Waals surface area (Å²) >= 11 is 0. The first kappa shape index (κ1) is 18.4. The van der Waals surface area contributed by atoms with Crippen molar-refractivity contribution in [3.63, 3.8) is 0 Å². The number of aromatic nitrogens is 1. The molecule has 1 aliphatic heterocycles. The zero-order valence-electron chi connectivity index (χ0n) is 14.1. The van der Waals surface area contributed by atoms with Crippen LogP contribution in [0.5, 0.6) is 0 Å². The van der Waals surface area contributed by atoms with E-state index in [4.69, 9.17) is 4.74 Å². The molecule has 4 nitrogen and oxygen atoms in total. The predicted molar refractivity (Wildman–Crippen MR) is 90.6 cm³/mol. The summed E-state index contributed by atoms with van der Waals surface area (Å²) in [6, 6.07) is 8.97. The van der Waals surface area contributed by atoms with Crippen LogP contribution >= 0.6 is 0 Å². The van der Waals surface area contributed by atoms with Gasteiger partial charge in [-0.1, -0.05) is 12.1 Å². The maximum Gasteiger partial charge on any atom is 0.417 e. The second kappa shape index (κ2) is 7.86. The molecule has 0 bridgehead atoms. The molecule has 1 fully saturated rings. The Hall–Kier alpha value is -2.41. The van der Waals surface area contributed by atoms with Crippen LogP contribution in [0.25, 0.3) is 11.3 Å². The fourth-order valence-electron chi connectivity index (χ4n) is 2.81. The zero-order chi connectivity index (χ0) is 18.6. The fourth-order valence-corrected chi connectivity index (χ4v) is 2.81. The van der Waals surface area contributed by atoms with Crippen molar-refractivity contribution in [3.8, 4) is 11.3 Å². The van der Waals surface area contributed by atoms with E-state index in [1.54, 1.807) is 24.3 Å². The molecule has 0 aliphatic carbocycles. The third-order valence-electron chi connectivity index (χ3n) is 4.43. The molecule has 26 heavy (non-hydrogen) atoms. The molecule has 1 amide bonds. The van der Waals surface area contributed by atoms with Gasteiger partial charge in [-0.3, -0.25) is 9.78 Å². The molecule has 0 spiro atoms. The van der Waals surface area contributed by atoms with E-state index >= 15 is 0 Å². The lowest BCUT2D eigenvalue weighted by atomic mass is 10.0. The van der Waals surface area contributed by atoms with Crippen LogP contribution < -0.4 is 5.32 Å². The van der Waals surface area contributed by atoms with E-state index in [0.717, 1.165) is 38.3 Å². The third kappa shape index (κ3) is 4.60. The molecule has 138 valence electrons. The van der Waals surface area contributed by atoms with Crippen molar-refractivity contribution >= 4 is 5.91 Å².